The van der Waals surface area contributed by atoms with Crippen LogP contribution in [0.25, 0.3) is 0 Å². The fourth-order valence-electron chi connectivity index (χ4n) is 3.35. The van der Waals surface area contributed by atoms with Gasteiger partial charge in [-0.05, 0) is 37.1 Å². The predicted molar refractivity (Wildman–Crippen MR) is 87.7 cm³/mol. The third kappa shape index (κ3) is 2.89. The van der Waals surface area contributed by atoms with Crippen molar-refractivity contribution < 1.29 is 19.1 Å². The first-order valence-corrected chi connectivity index (χ1v) is 7.88. The molecule has 2 aromatic carbocycles. The smallest absolute Gasteiger partial charge is 0.335 e. The number of aromatic carboxylic acids is 1. The van der Waals surface area contributed by atoms with Gasteiger partial charge in [0, 0.05) is 18.5 Å². The molecule has 124 valence electrons. The van der Waals surface area contributed by atoms with Crippen LogP contribution in [0.5, 0.6) is 0 Å². The van der Waals surface area contributed by atoms with E-state index >= 15 is 0 Å². The van der Waals surface area contributed by atoms with Crippen molar-refractivity contribution >= 4 is 11.9 Å². The first-order valence-electron chi connectivity index (χ1n) is 7.88. The van der Waals surface area contributed by atoms with E-state index in [0.717, 1.165) is 12.5 Å². The van der Waals surface area contributed by atoms with Crippen molar-refractivity contribution in [3.63, 3.8) is 0 Å². The molecule has 1 amide bonds. The third-order valence-corrected chi connectivity index (χ3v) is 4.69. The topological polar surface area (TPSA) is 57.6 Å². The van der Waals surface area contributed by atoms with Gasteiger partial charge >= 0.3 is 5.97 Å². The molecule has 2 atom stereocenters. The zero-order valence-electron chi connectivity index (χ0n) is 13.3. The van der Waals surface area contributed by atoms with Crippen molar-refractivity contribution in [3.8, 4) is 0 Å². The van der Waals surface area contributed by atoms with Gasteiger partial charge in [0.15, 0.2) is 0 Å². The van der Waals surface area contributed by atoms with Gasteiger partial charge in [0.1, 0.15) is 5.82 Å². The zero-order chi connectivity index (χ0) is 17.3. The van der Waals surface area contributed by atoms with E-state index in [2.05, 4.69) is 0 Å². The van der Waals surface area contributed by atoms with Crippen LogP contribution in [0.15, 0.2) is 48.5 Å². The second-order valence-corrected chi connectivity index (χ2v) is 6.04. The van der Waals surface area contributed by atoms with E-state index in [1.807, 2.05) is 37.3 Å². The van der Waals surface area contributed by atoms with Crippen molar-refractivity contribution in [2.24, 2.45) is 0 Å². The summed E-state index contributed by atoms with van der Waals surface area (Å²) in [6.07, 6.45) is 0.825. The molecule has 2 aromatic rings. The van der Waals surface area contributed by atoms with Crippen molar-refractivity contribution in [1.29, 1.82) is 0 Å². The van der Waals surface area contributed by atoms with Crippen LogP contribution in [0.4, 0.5) is 4.39 Å². The average molecular weight is 327 g/mol. The van der Waals surface area contributed by atoms with Gasteiger partial charge in [0.05, 0.1) is 11.1 Å². The molecule has 3 rings (SSSR count). The Balaban J connectivity index is 1.82. The molecule has 0 radical (unpaired) electrons. The first kappa shape index (κ1) is 16.2. The van der Waals surface area contributed by atoms with Gasteiger partial charge < -0.3 is 10.0 Å². The van der Waals surface area contributed by atoms with Crippen LogP contribution in [0.3, 0.4) is 0 Å². The molecule has 0 bridgehead atoms. The Morgan fingerprint density at radius 3 is 2.50 bits per heavy atom. The van der Waals surface area contributed by atoms with Crippen molar-refractivity contribution in [3.05, 3.63) is 71.0 Å². The summed E-state index contributed by atoms with van der Waals surface area (Å²) < 4.78 is 14.2. The number of carboxylic acids is 1. The molecule has 1 aliphatic heterocycles. The summed E-state index contributed by atoms with van der Waals surface area (Å²) >= 11 is 0. The van der Waals surface area contributed by atoms with Crippen molar-refractivity contribution in [2.45, 2.75) is 25.3 Å². The summed E-state index contributed by atoms with van der Waals surface area (Å²) in [4.78, 5) is 25.2. The van der Waals surface area contributed by atoms with Crippen LogP contribution in [-0.4, -0.2) is 34.5 Å². The maximum absolute atomic E-state index is 14.2. The normalized spacial score (nSPS) is 20.2. The Morgan fingerprint density at radius 1 is 1.17 bits per heavy atom. The minimum Gasteiger partial charge on any atom is -0.478 e. The molecule has 1 aliphatic rings. The van der Waals surface area contributed by atoms with Gasteiger partial charge in [-0.3, -0.25) is 4.79 Å². The van der Waals surface area contributed by atoms with E-state index in [9.17, 15) is 14.0 Å². The molecule has 0 spiro atoms. The Bertz CT molecular complexity index is 775. The Kier molecular flexibility index (Phi) is 4.34. The molecular weight excluding hydrogens is 309 g/mol. The van der Waals surface area contributed by atoms with E-state index in [-0.39, 0.29) is 23.1 Å². The number of hydrogen-bond acceptors (Lipinski definition) is 2. The number of carboxylic acid groups (broad SMARTS) is 1. The average Bonchev–Trinajstić information content (AvgIpc) is 2.96. The van der Waals surface area contributed by atoms with Crippen LogP contribution in [0.2, 0.25) is 0 Å². The number of hydrogen-bond donors (Lipinski definition) is 1. The molecule has 24 heavy (non-hydrogen) atoms. The van der Waals surface area contributed by atoms with E-state index in [1.54, 1.807) is 4.90 Å². The number of benzene rings is 2. The van der Waals surface area contributed by atoms with Crippen LogP contribution in [0, 0.1) is 5.82 Å². The highest BCUT2D eigenvalue weighted by atomic mass is 19.1. The number of likely N-dealkylation sites (tertiary alicyclic amines) is 1. The van der Waals surface area contributed by atoms with E-state index in [0.29, 0.717) is 6.54 Å². The van der Waals surface area contributed by atoms with Crippen molar-refractivity contribution in [1.82, 2.24) is 4.90 Å². The Morgan fingerprint density at radius 2 is 1.88 bits per heavy atom. The van der Waals surface area contributed by atoms with Gasteiger partial charge in [0.2, 0.25) is 0 Å². The number of amides is 1. The number of carbonyl (C=O) groups excluding carboxylic acids is 1. The van der Waals surface area contributed by atoms with Crippen LogP contribution in [-0.2, 0) is 0 Å². The summed E-state index contributed by atoms with van der Waals surface area (Å²) in [7, 11) is 0. The van der Waals surface area contributed by atoms with Crippen LogP contribution < -0.4 is 0 Å². The molecule has 1 saturated heterocycles. The minimum atomic E-state index is -1.22. The lowest BCUT2D eigenvalue weighted by Crippen LogP contribution is -2.36. The van der Waals surface area contributed by atoms with E-state index in [4.69, 9.17) is 5.11 Å². The van der Waals surface area contributed by atoms with Crippen LogP contribution in [0.1, 0.15) is 45.5 Å². The fraction of sp³-hybridized carbons (Fsp3) is 0.263. The quantitative estimate of drug-likeness (QED) is 0.938. The van der Waals surface area contributed by atoms with Gasteiger partial charge in [-0.15, -0.1) is 0 Å². The standard InChI is InChI=1S/C19H18FNO3/c1-12-15(13-5-3-2-4-6-13)9-10-21(12)18(22)16-8-7-14(19(23)24)11-17(16)20/h2-8,11-12,15H,9-10H2,1H3,(H,23,24). The number of carbonyl (C=O) groups is 2. The number of rotatable bonds is 3. The predicted octanol–water partition coefficient (Wildman–Crippen LogP) is 3.54. The molecule has 0 saturated carbocycles. The molecule has 1 heterocycles. The zero-order valence-corrected chi connectivity index (χ0v) is 13.3. The summed E-state index contributed by atoms with van der Waals surface area (Å²) in [6, 6.07) is 13.3. The molecule has 0 aliphatic carbocycles. The van der Waals surface area contributed by atoms with Crippen molar-refractivity contribution in [2.75, 3.05) is 6.54 Å². The highest BCUT2D eigenvalue weighted by Gasteiger charge is 2.35. The molecular formula is C19H18FNO3. The fourth-order valence-corrected chi connectivity index (χ4v) is 3.35. The molecule has 1 fully saturated rings. The molecule has 5 heteroatoms. The summed E-state index contributed by atoms with van der Waals surface area (Å²) in [5, 5.41) is 8.89. The maximum Gasteiger partial charge on any atom is 0.335 e. The lowest BCUT2D eigenvalue weighted by molar-refractivity contribution is 0.0691. The van der Waals surface area contributed by atoms with Gasteiger partial charge in [-0.2, -0.15) is 0 Å². The SMILES string of the molecule is CC1C(c2ccccc2)CCN1C(=O)c1ccc(C(=O)O)cc1F. The lowest BCUT2D eigenvalue weighted by atomic mass is 9.93. The van der Waals surface area contributed by atoms with Gasteiger partial charge in [-0.25, -0.2) is 9.18 Å². The number of halogens is 1. The van der Waals surface area contributed by atoms with Gasteiger partial charge in [-0.1, -0.05) is 30.3 Å². The molecule has 1 N–H and O–H groups in total. The van der Waals surface area contributed by atoms with Crippen LogP contribution >= 0.6 is 0 Å². The monoisotopic (exact) mass is 327 g/mol. The van der Waals surface area contributed by atoms with E-state index < -0.39 is 17.7 Å². The summed E-state index contributed by atoms with van der Waals surface area (Å²) in [5.41, 5.74) is 0.920. The minimum absolute atomic E-state index is 0.0431. The largest absolute Gasteiger partial charge is 0.478 e. The highest BCUT2D eigenvalue weighted by Crippen LogP contribution is 2.34. The summed E-state index contributed by atoms with van der Waals surface area (Å²) in [6.45, 7) is 2.52. The lowest BCUT2D eigenvalue weighted by Gasteiger charge is -2.25. The highest BCUT2D eigenvalue weighted by molar-refractivity contribution is 5.96. The van der Waals surface area contributed by atoms with Gasteiger partial charge in [0.25, 0.3) is 5.91 Å². The second kappa shape index (κ2) is 6.43. The maximum atomic E-state index is 14.2. The Hall–Kier alpha value is -2.69. The third-order valence-electron chi connectivity index (χ3n) is 4.69. The summed E-state index contributed by atoms with van der Waals surface area (Å²) in [5.74, 6) is -2.19. The Labute approximate surface area is 139 Å². The van der Waals surface area contributed by atoms with E-state index in [1.165, 1.54) is 17.7 Å². The molecule has 4 nitrogen and oxygen atoms in total. The first-order chi connectivity index (χ1) is 11.5. The second-order valence-electron chi connectivity index (χ2n) is 6.04. The molecule has 2 unspecified atom stereocenters. The number of nitrogens with zero attached hydrogens (tertiary/aromatic N) is 1. The molecule has 0 aromatic heterocycles.